The lowest BCUT2D eigenvalue weighted by Crippen LogP contribution is -2.44. The van der Waals surface area contributed by atoms with Crippen LogP contribution in [0, 0.1) is 5.92 Å². The van der Waals surface area contributed by atoms with Crippen LogP contribution >= 0.6 is 0 Å². The van der Waals surface area contributed by atoms with E-state index in [0.29, 0.717) is 0 Å². The molecule has 0 radical (unpaired) electrons. The van der Waals surface area contributed by atoms with E-state index < -0.39 is 39.8 Å². The summed E-state index contributed by atoms with van der Waals surface area (Å²) >= 11 is 0. The first-order valence-corrected chi connectivity index (χ1v) is 7.54. The maximum absolute atomic E-state index is 12.1. The molecule has 2 aliphatic rings. The van der Waals surface area contributed by atoms with E-state index in [9.17, 15) is 23.1 Å². The zero-order valence-corrected chi connectivity index (χ0v) is 10.5. The average molecular weight is 277 g/mol. The van der Waals surface area contributed by atoms with E-state index in [1.165, 1.54) is 0 Å². The third kappa shape index (κ3) is 2.49. The number of carboxylic acids is 1. The molecule has 2 heterocycles. The monoisotopic (exact) mass is 277 g/mol. The second kappa shape index (κ2) is 4.51. The topological polar surface area (TPSA) is 112 Å². The zero-order chi connectivity index (χ0) is 13.5. The summed E-state index contributed by atoms with van der Waals surface area (Å²) in [6, 6.07) is -1.05. The highest BCUT2D eigenvalue weighted by atomic mass is 32.2. The van der Waals surface area contributed by atoms with Gasteiger partial charge in [-0.05, 0) is 6.42 Å². The van der Waals surface area contributed by atoms with Crippen LogP contribution in [-0.4, -0.2) is 65.6 Å². The van der Waals surface area contributed by atoms with Crippen LogP contribution in [0.4, 0.5) is 0 Å². The molecule has 0 spiro atoms. The van der Waals surface area contributed by atoms with E-state index in [0.717, 1.165) is 4.90 Å². The summed E-state index contributed by atoms with van der Waals surface area (Å²) in [7, 11) is -3.18. The standard InChI is InChI=1S/C10H15NO6S/c12-7-3-8(10(14)15)11(4-7)9(13)6-1-2-18(16,17)5-6/h6-8,12H,1-5H2,(H,14,15)/t6?,7?,8-/m0/s1. The van der Waals surface area contributed by atoms with Gasteiger partial charge in [0.1, 0.15) is 6.04 Å². The van der Waals surface area contributed by atoms with Crippen molar-refractivity contribution >= 4 is 21.7 Å². The average Bonchev–Trinajstić information content (AvgIpc) is 2.80. The number of carbonyl (C=O) groups is 2. The molecule has 2 unspecified atom stereocenters. The first kappa shape index (κ1) is 13.3. The predicted octanol–water partition coefficient (Wildman–Crippen LogP) is -1.53. The van der Waals surface area contributed by atoms with Crippen molar-refractivity contribution in [3.05, 3.63) is 0 Å². The molecule has 0 saturated carbocycles. The SMILES string of the molecule is O=C(O)[C@@H]1CC(O)CN1C(=O)C1CCS(=O)(=O)C1. The summed E-state index contributed by atoms with van der Waals surface area (Å²) in [4.78, 5) is 24.2. The molecule has 2 rings (SSSR count). The van der Waals surface area contributed by atoms with Crippen LogP contribution in [0.2, 0.25) is 0 Å². The molecular weight excluding hydrogens is 262 g/mol. The highest BCUT2D eigenvalue weighted by Gasteiger charge is 2.43. The van der Waals surface area contributed by atoms with Gasteiger partial charge in [-0.2, -0.15) is 0 Å². The van der Waals surface area contributed by atoms with Crippen molar-refractivity contribution in [3.8, 4) is 0 Å². The molecule has 2 aliphatic heterocycles. The Morgan fingerprint density at radius 3 is 2.44 bits per heavy atom. The molecular formula is C10H15NO6S. The van der Waals surface area contributed by atoms with Crippen molar-refractivity contribution in [2.75, 3.05) is 18.1 Å². The number of carbonyl (C=O) groups excluding carboxylic acids is 1. The van der Waals surface area contributed by atoms with Gasteiger partial charge >= 0.3 is 5.97 Å². The molecule has 1 amide bonds. The van der Waals surface area contributed by atoms with Crippen molar-refractivity contribution < 1.29 is 28.2 Å². The van der Waals surface area contributed by atoms with Crippen LogP contribution in [0.25, 0.3) is 0 Å². The highest BCUT2D eigenvalue weighted by molar-refractivity contribution is 7.91. The second-order valence-electron chi connectivity index (χ2n) is 4.83. The van der Waals surface area contributed by atoms with Gasteiger partial charge in [-0.15, -0.1) is 0 Å². The fourth-order valence-electron chi connectivity index (χ4n) is 2.52. The van der Waals surface area contributed by atoms with Gasteiger partial charge in [-0.25, -0.2) is 13.2 Å². The number of amides is 1. The Bertz CT molecular complexity index is 473. The number of aliphatic carboxylic acids is 1. The van der Waals surface area contributed by atoms with E-state index >= 15 is 0 Å². The normalized spacial score (nSPS) is 34.7. The number of β-amino-alcohol motifs (C(OH)–C–C–N with tert-alkyl or cyclic N) is 1. The zero-order valence-electron chi connectivity index (χ0n) is 9.65. The van der Waals surface area contributed by atoms with Gasteiger partial charge in [-0.3, -0.25) is 4.79 Å². The van der Waals surface area contributed by atoms with Gasteiger partial charge in [0, 0.05) is 13.0 Å². The molecule has 0 bridgehead atoms. The summed E-state index contributed by atoms with van der Waals surface area (Å²) in [5.41, 5.74) is 0. The van der Waals surface area contributed by atoms with Crippen LogP contribution in [0.3, 0.4) is 0 Å². The molecule has 3 atom stereocenters. The molecule has 18 heavy (non-hydrogen) atoms. The van der Waals surface area contributed by atoms with Crippen molar-refractivity contribution in [3.63, 3.8) is 0 Å². The fraction of sp³-hybridized carbons (Fsp3) is 0.800. The minimum Gasteiger partial charge on any atom is -0.480 e. The van der Waals surface area contributed by atoms with E-state index in [1.807, 2.05) is 0 Å². The molecule has 7 nitrogen and oxygen atoms in total. The predicted molar refractivity (Wildman–Crippen MR) is 60.5 cm³/mol. The molecule has 0 aromatic carbocycles. The molecule has 0 aliphatic carbocycles. The third-order valence-corrected chi connectivity index (χ3v) is 5.20. The molecule has 2 saturated heterocycles. The maximum Gasteiger partial charge on any atom is 0.326 e. The Morgan fingerprint density at radius 2 is 1.94 bits per heavy atom. The van der Waals surface area contributed by atoms with Gasteiger partial charge in [0.05, 0.1) is 23.5 Å². The minimum atomic E-state index is -3.18. The first-order valence-electron chi connectivity index (χ1n) is 5.72. The molecule has 2 fully saturated rings. The molecule has 2 N–H and O–H groups in total. The number of hydrogen-bond donors (Lipinski definition) is 2. The summed E-state index contributed by atoms with van der Waals surface area (Å²) < 4.78 is 22.6. The van der Waals surface area contributed by atoms with E-state index in [2.05, 4.69) is 0 Å². The smallest absolute Gasteiger partial charge is 0.326 e. The Hall–Kier alpha value is -1.15. The van der Waals surface area contributed by atoms with Crippen LogP contribution in [-0.2, 0) is 19.4 Å². The molecule has 0 aromatic heterocycles. The van der Waals surface area contributed by atoms with E-state index in [4.69, 9.17) is 5.11 Å². The number of likely N-dealkylation sites (tertiary alicyclic amines) is 1. The lowest BCUT2D eigenvalue weighted by atomic mass is 10.1. The van der Waals surface area contributed by atoms with Crippen LogP contribution in [0.15, 0.2) is 0 Å². The quantitative estimate of drug-likeness (QED) is 0.633. The van der Waals surface area contributed by atoms with Crippen LogP contribution < -0.4 is 0 Å². The minimum absolute atomic E-state index is 0.000539. The lowest BCUT2D eigenvalue weighted by molar-refractivity contribution is -0.149. The molecule has 0 aromatic rings. The second-order valence-corrected chi connectivity index (χ2v) is 7.06. The first-order chi connectivity index (χ1) is 8.30. The third-order valence-electron chi connectivity index (χ3n) is 3.43. The Kier molecular flexibility index (Phi) is 3.33. The van der Waals surface area contributed by atoms with Gasteiger partial charge in [0.15, 0.2) is 9.84 Å². The molecule has 8 heteroatoms. The maximum atomic E-state index is 12.1. The van der Waals surface area contributed by atoms with Gasteiger partial charge < -0.3 is 15.1 Å². The van der Waals surface area contributed by atoms with Crippen LogP contribution in [0.5, 0.6) is 0 Å². The Balaban J connectivity index is 2.11. The van der Waals surface area contributed by atoms with E-state index in [-0.39, 0.29) is 30.9 Å². The van der Waals surface area contributed by atoms with Crippen molar-refractivity contribution in [1.29, 1.82) is 0 Å². The largest absolute Gasteiger partial charge is 0.480 e. The number of aliphatic hydroxyl groups excluding tert-OH is 1. The number of sulfone groups is 1. The summed E-state index contributed by atoms with van der Waals surface area (Å²) in [6.07, 6.45) is -0.617. The fourth-order valence-corrected chi connectivity index (χ4v) is 4.25. The van der Waals surface area contributed by atoms with Gasteiger partial charge in [-0.1, -0.05) is 0 Å². The number of rotatable bonds is 2. The summed E-state index contributed by atoms with van der Waals surface area (Å²) in [5, 5.41) is 18.4. The summed E-state index contributed by atoms with van der Waals surface area (Å²) in [6.45, 7) is -0.0354. The molecule has 102 valence electrons. The lowest BCUT2D eigenvalue weighted by Gasteiger charge is -2.23. The Labute approximate surface area is 104 Å². The number of carboxylic acid groups (broad SMARTS) is 1. The van der Waals surface area contributed by atoms with Crippen molar-refractivity contribution in [2.45, 2.75) is 25.0 Å². The Morgan fingerprint density at radius 1 is 1.28 bits per heavy atom. The number of nitrogens with zero attached hydrogens (tertiary/aromatic N) is 1. The number of aliphatic hydroxyl groups is 1. The van der Waals surface area contributed by atoms with E-state index in [1.54, 1.807) is 0 Å². The summed E-state index contributed by atoms with van der Waals surface area (Å²) in [5.74, 6) is -2.55. The van der Waals surface area contributed by atoms with Crippen LogP contribution in [0.1, 0.15) is 12.8 Å². The highest BCUT2D eigenvalue weighted by Crippen LogP contribution is 2.26. The van der Waals surface area contributed by atoms with Gasteiger partial charge in [0.25, 0.3) is 0 Å². The van der Waals surface area contributed by atoms with Crippen molar-refractivity contribution in [1.82, 2.24) is 4.90 Å². The number of hydrogen-bond acceptors (Lipinski definition) is 5. The van der Waals surface area contributed by atoms with Crippen molar-refractivity contribution in [2.24, 2.45) is 5.92 Å². The van der Waals surface area contributed by atoms with Gasteiger partial charge in [0.2, 0.25) is 5.91 Å².